The summed E-state index contributed by atoms with van der Waals surface area (Å²) in [5.74, 6) is 1.98. The highest BCUT2D eigenvalue weighted by molar-refractivity contribution is 5.06. The van der Waals surface area contributed by atoms with Gasteiger partial charge in [0.05, 0.1) is 0 Å². The monoisotopic (exact) mass is 120 g/mol. The summed E-state index contributed by atoms with van der Waals surface area (Å²) in [4.78, 5) is 0. The number of hydrogen-bond donors (Lipinski definition) is 0. The molecule has 2 rings (SSSR count). The fourth-order valence-corrected chi connectivity index (χ4v) is 1.72. The van der Waals surface area contributed by atoms with Crippen molar-refractivity contribution in [1.82, 2.24) is 0 Å². The number of rotatable bonds is 0. The van der Waals surface area contributed by atoms with Crippen LogP contribution in [-0.2, 0) is 0 Å². The molecule has 0 heterocycles. The first-order valence-electron chi connectivity index (χ1n) is 3.47. The third kappa shape index (κ3) is 1.16. The SMILES string of the molecule is C#C.C1=CC2CCC1C2. The molecule has 1 fully saturated rings. The summed E-state index contributed by atoms with van der Waals surface area (Å²) in [5, 5.41) is 0. The van der Waals surface area contributed by atoms with E-state index in [1.807, 2.05) is 0 Å². The van der Waals surface area contributed by atoms with E-state index in [2.05, 4.69) is 25.0 Å². The van der Waals surface area contributed by atoms with Crippen LogP contribution >= 0.6 is 0 Å². The second-order valence-corrected chi connectivity index (χ2v) is 2.72. The Kier molecular flexibility index (Phi) is 1.95. The minimum Gasteiger partial charge on any atom is -0.124 e. The zero-order valence-corrected chi connectivity index (χ0v) is 5.59. The van der Waals surface area contributed by atoms with E-state index in [0.717, 1.165) is 11.8 Å². The topological polar surface area (TPSA) is 0 Å². The molecule has 0 radical (unpaired) electrons. The molecule has 0 amide bonds. The van der Waals surface area contributed by atoms with E-state index in [0.29, 0.717) is 0 Å². The predicted octanol–water partition coefficient (Wildman–Crippen LogP) is 2.22. The maximum atomic E-state index is 4.00. The Morgan fingerprint density at radius 2 is 1.44 bits per heavy atom. The van der Waals surface area contributed by atoms with Gasteiger partial charge in [-0.1, -0.05) is 12.2 Å². The third-order valence-corrected chi connectivity index (χ3v) is 2.17. The van der Waals surface area contributed by atoms with Crippen molar-refractivity contribution in [2.75, 3.05) is 0 Å². The van der Waals surface area contributed by atoms with Crippen LogP contribution in [0.15, 0.2) is 12.2 Å². The molecule has 2 unspecified atom stereocenters. The van der Waals surface area contributed by atoms with Crippen molar-refractivity contribution in [2.24, 2.45) is 11.8 Å². The Hall–Kier alpha value is -0.700. The van der Waals surface area contributed by atoms with Crippen molar-refractivity contribution in [1.29, 1.82) is 0 Å². The minimum atomic E-state index is 0.991. The standard InChI is InChI=1S/C7H10.C2H2/c1-2-7-4-3-6(1)5-7;1-2/h1-2,6-7H,3-5H2;1-2H. The van der Waals surface area contributed by atoms with E-state index in [4.69, 9.17) is 0 Å². The Morgan fingerprint density at radius 1 is 1.00 bits per heavy atom. The van der Waals surface area contributed by atoms with Crippen LogP contribution in [0, 0.1) is 24.7 Å². The molecule has 0 aromatic heterocycles. The van der Waals surface area contributed by atoms with E-state index in [9.17, 15) is 0 Å². The highest BCUT2D eigenvalue weighted by Crippen LogP contribution is 2.38. The normalized spacial score (nSPS) is 35.8. The molecule has 2 atom stereocenters. The van der Waals surface area contributed by atoms with Crippen LogP contribution in [0.2, 0.25) is 0 Å². The molecule has 9 heavy (non-hydrogen) atoms. The number of allylic oxidation sites excluding steroid dienone is 2. The third-order valence-electron chi connectivity index (χ3n) is 2.17. The zero-order chi connectivity index (χ0) is 6.69. The lowest BCUT2D eigenvalue weighted by Gasteiger charge is -1.96. The van der Waals surface area contributed by atoms with Gasteiger partial charge in [0.25, 0.3) is 0 Å². The van der Waals surface area contributed by atoms with Crippen LogP contribution in [-0.4, -0.2) is 0 Å². The number of fused-ring (bicyclic) bond motifs is 2. The maximum Gasteiger partial charge on any atom is -0.0228 e. The maximum absolute atomic E-state index is 4.00. The smallest absolute Gasteiger partial charge is 0.0228 e. The summed E-state index contributed by atoms with van der Waals surface area (Å²) < 4.78 is 0. The highest BCUT2D eigenvalue weighted by atomic mass is 14.3. The fourth-order valence-electron chi connectivity index (χ4n) is 1.72. The highest BCUT2D eigenvalue weighted by Gasteiger charge is 2.25. The molecule has 0 aromatic rings. The van der Waals surface area contributed by atoms with Crippen molar-refractivity contribution in [3.05, 3.63) is 12.2 Å². The summed E-state index contributed by atoms with van der Waals surface area (Å²) in [6.45, 7) is 0. The van der Waals surface area contributed by atoms with Crippen LogP contribution in [0.1, 0.15) is 19.3 Å². The van der Waals surface area contributed by atoms with Gasteiger partial charge in [0.2, 0.25) is 0 Å². The lowest BCUT2D eigenvalue weighted by Crippen LogP contribution is -1.82. The molecule has 0 N–H and O–H groups in total. The predicted molar refractivity (Wildman–Crippen MR) is 39.9 cm³/mol. The summed E-state index contributed by atoms with van der Waals surface area (Å²) >= 11 is 0. The Balaban J connectivity index is 0.000000186. The largest absolute Gasteiger partial charge is 0.124 e. The van der Waals surface area contributed by atoms with Crippen LogP contribution in [0.5, 0.6) is 0 Å². The second kappa shape index (κ2) is 2.73. The van der Waals surface area contributed by atoms with Gasteiger partial charge in [0.15, 0.2) is 0 Å². The fraction of sp³-hybridized carbons (Fsp3) is 0.556. The molecule has 2 bridgehead atoms. The van der Waals surface area contributed by atoms with Gasteiger partial charge < -0.3 is 0 Å². The number of terminal acetylenes is 1. The molecule has 0 aromatic carbocycles. The molecule has 0 heteroatoms. The van der Waals surface area contributed by atoms with Gasteiger partial charge in [-0.05, 0) is 31.1 Å². The lowest BCUT2D eigenvalue weighted by molar-refractivity contribution is 0.691. The van der Waals surface area contributed by atoms with E-state index >= 15 is 0 Å². The van der Waals surface area contributed by atoms with Crippen LogP contribution in [0.4, 0.5) is 0 Å². The van der Waals surface area contributed by atoms with E-state index < -0.39 is 0 Å². The van der Waals surface area contributed by atoms with Gasteiger partial charge in [0.1, 0.15) is 0 Å². The summed E-state index contributed by atoms with van der Waals surface area (Å²) in [5.41, 5.74) is 0. The Morgan fingerprint density at radius 3 is 1.56 bits per heavy atom. The van der Waals surface area contributed by atoms with Gasteiger partial charge in [-0.25, -0.2) is 0 Å². The Bertz CT molecular complexity index is 118. The zero-order valence-electron chi connectivity index (χ0n) is 5.59. The first kappa shape index (κ1) is 6.42. The van der Waals surface area contributed by atoms with Crippen LogP contribution in [0.25, 0.3) is 0 Å². The van der Waals surface area contributed by atoms with E-state index in [1.165, 1.54) is 19.3 Å². The van der Waals surface area contributed by atoms with E-state index in [-0.39, 0.29) is 0 Å². The Labute approximate surface area is 57.0 Å². The van der Waals surface area contributed by atoms with Crippen LogP contribution in [0.3, 0.4) is 0 Å². The summed E-state index contributed by atoms with van der Waals surface area (Å²) in [7, 11) is 0. The average molecular weight is 120 g/mol. The quantitative estimate of drug-likeness (QED) is 0.339. The summed E-state index contributed by atoms with van der Waals surface area (Å²) in [6, 6.07) is 0. The molecule has 0 aliphatic heterocycles. The molecular formula is C9H12. The molecule has 1 saturated carbocycles. The minimum absolute atomic E-state index is 0.991. The van der Waals surface area contributed by atoms with Crippen molar-refractivity contribution >= 4 is 0 Å². The van der Waals surface area contributed by atoms with Crippen molar-refractivity contribution in [2.45, 2.75) is 19.3 Å². The van der Waals surface area contributed by atoms with E-state index in [1.54, 1.807) is 0 Å². The van der Waals surface area contributed by atoms with Gasteiger partial charge in [0, 0.05) is 0 Å². The van der Waals surface area contributed by atoms with Crippen molar-refractivity contribution in [3.63, 3.8) is 0 Å². The average Bonchev–Trinajstić information content (AvgIpc) is 2.53. The van der Waals surface area contributed by atoms with Gasteiger partial charge in [-0.15, -0.1) is 12.8 Å². The summed E-state index contributed by atoms with van der Waals surface area (Å²) in [6.07, 6.45) is 17.2. The number of hydrogen-bond acceptors (Lipinski definition) is 0. The molecule has 2 aliphatic rings. The van der Waals surface area contributed by atoms with Crippen molar-refractivity contribution < 1.29 is 0 Å². The van der Waals surface area contributed by atoms with Crippen molar-refractivity contribution in [3.8, 4) is 12.8 Å². The first-order chi connectivity index (χ1) is 4.45. The molecule has 0 saturated heterocycles. The molecule has 48 valence electrons. The van der Waals surface area contributed by atoms with Gasteiger partial charge >= 0.3 is 0 Å². The second-order valence-electron chi connectivity index (χ2n) is 2.72. The first-order valence-corrected chi connectivity index (χ1v) is 3.47. The van der Waals surface area contributed by atoms with Gasteiger partial charge in [-0.2, -0.15) is 0 Å². The van der Waals surface area contributed by atoms with Gasteiger partial charge in [-0.3, -0.25) is 0 Å². The molecular weight excluding hydrogens is 108 g/mol. The lowest BCUT2D eigenvalue weighted by atomic mass is 10.1. The molecule has 0 nitrogen and oxygen atoms in total. The van der Waals surface area contributed by atoms with Crippen LogP contribution < -0.4 is 0 Å². The molecule has 2 aliphatic carbocycles. The molecule has 0 spiro atoms.